The number of rotatable bonds is 8. The van der Waals surface area contributed by atoms with Crippen molar-refractivity contribution >= 4 is 34.3 Å². The van der Waals surface area contributed by atoms with Crippen molar-refractivity contribution in [3.05, 3.63) is 58.4 Å². The summed E-state index contributed by atoms with van der Waals surface area (Å²) >= 11 is 1.11. The van der Waals surface area contributed by atoms with Crippen LogP contribution in [0, 0.1) is 0 Å². The molecule has 0 radical (unpaired) electrons. The number of nitrogens with one attached hydrogen (secondary N) is 1. The van der Waals surface area contributed by atoms with E-state index in [4.69, 9.17) is 4.74 Å². The molecule has 34 heavy (non-hydrogen) atoms. The molecule has 9 nitrogen and oxygen atoms in total. The van der Waals surface area contributed by atoms with Gasteiger partial charge in [-0.1, -0.05) is 0 Å². The summed E-state index contributed by atoms with van der Waals surface area (Å²) in [6.07, 6.45) is -4.12. The molecule has 2 heterocycles. The van der Waals surface area contributed by atoms with Crippen LogP contribution in [0.1, 0.15) is 46.0 Å². The summed E-state index contributed by atoms with van der Waals surface area (Å²) in [7, 11) is 0. The second-order valence-electron chi connectivity index (χ2n) is 6.66. The van der Waals surface area contributed by atoms with Crippen molar-refractivity contribution in [3.8, 4) is 5.69 Å². The quantitative estimate of drug-likeness (QED) is 0.471. The lowest BCUT2D eigenvalue weighted by Crippen LogP contribution is -2.18. The van der Waals surface area contributed by atoms with Crippen LogP contribution in [0.4, 0.5) is 18.3 Å². The van der Waals surface area contributed by atoms with E-state index in [1.54, 1.807) is 12.3 Å². The average Bonchev–Trinajstić information content (AvgIpc) is 3.41. The monoisotopic (exact) mass is 496 g/mol. The fourth-order valence-corrected chi connectivity index (χ4v) is 3.61. The molecule has 2 aromatic heterocycles. The van der Waals surface area contributed by atoms with Gasteiger partial charge in [0.15, 0.2) is 10.8 Å². The summed E-state index contributed by atoms with van der Waals surface area (Å²) in [4.78, 5) is 40.1. The maximum absolute atomic E-state index is 13.6. The third-order valence-electron chi connectivity index (χ3n) is 4.31. The van der Waals surface area contributed by atoms with Crippen molar-refractivity contribution in [1.29, 1.82) is 0 Å². The Kier molecular flexibility index (Phi) is 7.66. The standard InChI is InChI=1S/C21H19F3N4O5S/c1-3-32-16(29)9-13-11-34-20(26-13)27-18(30)12-5-7-14(8-6-12)28-17(21(22,23)24)15(10-25-28)19(31)33-4-2/h5-8,10-11H,3-4,9H2,1-2H3,(H,26,27,30). The molecular formula is C21H19F3N4O5S. The topological polar surface area (TPSA) is 112 Å². The van der Waals surface area contributed by atoms with E-state index in [2.05, 4.69) is 20.1 Å². The predicted octanol–water partition coefficient (Wildman–Crippen LogP) is 3.88. The van der Waals surface area contributed by atoms with Gasteiger partial charge < -0.3 is 9.47 Å². The molecule has 0 fully saturated rings. The highest BCUT2D eigenvalue weighted by Gasteiger charge is 2.41. The Morgan fingerprint density at radius 3 is 2.38 bits per heavy atom. The van der Waals surface area contributed by atoms with Gasteiger partial charge in [0.25, 0.3) is 5.91 Å². The summed E-state index contributed by atoms with van der Waals surface area (Å²) < 4.78 is 51.0. The van der Waals surface area contributed by atoms with Crippen molar-refractivity contribution in [2.75, 3.05) is 18.5 Å². The van der Waals surface area contributed by atoms with E-state index in [1.807, 2.05) is 0 Å². The zero-order valence-corrected chi connectivity index (χ0v) is 18.8. The number of halogens is 3. The van der Waals surface area contributed by atoms with Crippen LogP contribution in [0.3, 0.4) is 0 Å². The van der Waals surface area contributed by atoms with Gasteiger partial charge in [-0.2, -0.15) is 18.3 Å². The maximum Gasteiger partial charge on any atom is 0.434 e. The molecule has 0 atom stereocenters. The second kappa shape index (κ2) is 10.5. The summed E-state index contributed by atoms with van der Waals surface area (Å²) in [5.74, 6) is -2.13. The number of aromatic nitrogens is 3. The maximum atomic E-state index is 13.6. The lowest BCUT2D eigenvalue weighted by Gasteiger charge is -2.12. The first-order valence-corrected chi connectivity index (χ1v) is 10.9. The number of thiazole rings is 1. The summed E-state index contributed by atoms with van der Waals surface area (Å²) in [6.45, 7) is 3.32. The van der Waals surface area contributed by atoms with Crippen LogP contribution >= 0.6 is 11.3 Å². The zero-order chi connectivity index (χ0) is 24.9. The van der Waals surface area contributed by atoms with Crippen LogP contribution in [-0.2, 0) is 26.9 Å². The minimum absolute atomic E-state index is 0.00889. The largest absolute Gasteiger partial charge is 0.466 e. The van der Waals surface area contributed by atoms with Crippen molar-refractivity contribution in [3.63, 3.8) is 0 Å². The molecule has 0 bridgehead atoms. The molecular weight excluding hydrogens is 477 g/mol. The molecule has 3 rings (SSSR count). The Balaban J connectivity index is 1.77. The number of ether oxygens (including phenoxy) is 2. The Morgan fingerprint density at radius 2 is 1.76 bits per heavy atom. The van der Waals surface area contributed by atoms with Crippen LogP contribution in [0.25, 0.3) is 5.69 Å². The van der Waals surface area contributed by atoms with Gasteiger partial charge in [0, 0.05) is 10.9 Å². The molecule has 1 amide bonds. The molecule has 0 unspecified atom stereocenters. The van der Waals surface area contributed by atoms with E-state index in [-0.39, 0.29) is 36.0 Å². The molecule has 13 heteroatoms. The fraction of sp³-hybridized carbons (Fsp3) is 0.286. The SMILES string of the molecule is CCOC(=O)Cc1csc(NC(=O)c2ccc(-n3ncc(C(=O)OCC)c3C(F)(F)F)cc2)n1. The van der Waals surface area contributed by atoms with Gasteiger partial charge in [0.2, 0.25) is 0 Å². The lowest BCUT2D eigenvalue weighted by molar-refractivity contribution is -0.143. The Morgan fingerprint density at radius 1 is 1.09 bits per heavy atom. The van der Waals surface area contributed by atoms with Gasteiger partial charge in [-0.3, -0.25) is 14.9 Å². The van der Waals surface area contributed by atoms with Gasteiger partial charge in [0.1, 0.15) is 5.56 Å². The average molecular weight is 496 g/mol. The first-order valence-electron chi connectivity index (χ1n) is 9.98. The number of hydrogen-bond acceptors (Lipinski definition) is 8. The smallest absolute Gasteiger partial charge is 0.434 e. The third kappa shape index (κ3) is 5.78. The number of nitrogens with zero attached hydrogens (tertiary/aromatic N) is 3. The molecule has 0 spiro atoms. The number of hydrogen-bond donors (Lipinski definition) is 1. The number of amides is 1. The molecule has 1 N–H and O–H groups in total. The highest BCUT2D eigenvalue weighted by atomic mass is 32.1. The Labute approximate surface area is 195 Å². The molecule has 3 aromatic rings. The molecule has 0 saturated heterocycles. The number of anilines is 1. The number of carbonyl (C=O) groups is 3. The van der Waals surface area contributed by atoms with E-state index in [9.17, 15) is 27.6 Å². The molecule has 180 valence electrons. The van der Waals surface area contributed by atoms with Crippen molar-refractivity contribution in [2.45, 2.75) is 26.4 Å². The fourth-order valence-electron chi connectivity index (χ4n) is 2.90. The number of esters is 2. The minimum atomic E-state index is -4.87. The first kappa shape index (κ1) is 24.9. The van der Waals surface area contributed by atoms with Crippen LogP contribution in [-0.4, -0.2) is 45.8 Å². The van der Waals surface area contributed by atoms with E-state index in [0.717, 1.165) is 17.5 Å². The van der Waals surface area contributed by atoms with Crippen molar-refractivity contribution in [1.82, 2.24) is 14.8 Å². The first-order chi connectivity index (χ1) is 16.1. The van der Waals surface area contributed by atoms with Gasteiger partial charge >= 0.3 is 18.1 Å². The number of carbonyl (C=O) groups excluding carboxylic acids is 3. The van der Waals surface area contributed by atoms with Crippen LogP contribution in [0.5, 0.6) is 0 Å². The number of benzene rings is 1. The van der Waals surface area contributed by atoms with E-state index >= 15 is 0 Å². The van der Waals surface area contributed by atoms with Crippen LogP contribution < -0.4 is 5.32 Å². The summed E-state index contributed by atoms with van der Waals surface area (Å²) in [5, 5.41) is 8.10. The Hall–Kier alpha value is -3.74. The van der Waals surface area contributed by atoms with Gasteiger partial charge in [-0.05, 0) is 38.1 Å². The number of alkyl halides is 3. The van der Waals surface area contributed by atoms with E-state index in [1.165, 1.54) is 31.2 Å². The highest BCUT2D eigenvalue weighted by molar-refractivity contribution is 7.14. The molecule has 0 aliphatic heterocycles. The summed E-state index contributed by atoms with van der Waals surface area (Å²) in [5.41, 5.74) is -1.41. The third-order valence-corrected chi connectivity index (χ3v) is 5.12. The van der Waals surface area contributed by atoms with Crippen LogP contribution in [0.2, 0.25) is 0 Å². The van der Waals surface area contributed by atoms with Crippen LogP contribution in [0.15, 0.2) is 35.8 Å². The highest BCUT2D eigenvalue weighted by Crippen LogP contribution is 2.34. The Bertz CT molecular complexity index is 1190. The molecule has 0 aliphatic carbocycles. The van der Waals surface area contributed by atoms with Gasteiger partial charge in [0.05, 0.1) is 37.2 Å². The van der Waals surface area contributed by atoms with E-state index in [0.29, 0.717) is 10.4 Å². The van der Waals surface area contributed by atoms with Gasteiger partial charge in [-0.15, -0.1) is 11.3 Å². The van der Waals surface area contributed by atoms with E-state index < -0.39 is 35.3 Å². The van der Waals surface area contributed by atoms with Crippen molar-refractivity contribution < 1.29 is 37.0 Å². The zero-order valence-electron chi connectivity index (χ0n) is 18.0. The minimum Gasteiger partial charge on any atom is -0.466 e. The molecule has 1 aromatic carbocycles. The lowest BCUT2D eigenvalue weighted by atomic mass is 10.2. The summed E-state index contributed by atoms with van der Waals surface area (Å²) in [6, 6.07) is 5.15. The van der Waals surface area contributed by atoms with Crippen molar-refractivity contribution in [2.24, 2.45) is 0 Å². The predicted molar refractivity (Wildman–Crippen MR) is 115 cm³/mol. The van der Waals surface area contributed by atoms with Gasteiger partial charge in [-0.25, -0.2) is 14.5 Å². The second-order valence-corrected chi connectivity index (χ2v) is 7.52. The normalized spacial score (nSPS) is 11.2. The molecule has 0 aliphatic rings. The molecule has 0 saturated carbocycles.